The predicted octanol–water partition coefficient (Wildman–Crippen LogP) is 8.05. The topological polar surface area (TPSA) is 167 Å². The van der Waals surface area contributed by atoms with E-state index in [1.165, 1.54) is 0 Å². The third kappa shape index (κ3) is 9.29. The number of hydrogen-bond donors (Lipinski definition) is 3. The van der Waals surface area contributed by atoms with Gasteiger partial charge in [0.15, 0.2) is 11.9 Å². The van der Waals surface area contributed by atoms with Gasteiger partial charge in [-0.3, -0.25) is 9.59 Å². The zero-order valence-electron chi connectivity index (χ0n) is 38.2. The van der Waals surface area contributed by atoms with E-state index < -0.39 is 95.0 Å². The number of Topliss-reactive ketones (excluding diaryl/α,β-unsaturated/α-hetero) is 1. The maximum atomic E-state index is 14.7. The zero-order chi connectivity index (χ0) is 44.7. The molecular formula is C49H74O12. The normalized spacial score (nSPS) is 41.5. The second kappa shape index (κ2) is 18.8. The van der Waals surface area contributed by atoms with E-state index in [4.69, 9.17) is 28.4 Å². The Morgan fingerprint density at radius 2 is 1.56 bits per heavy atom. The van der Waals surface area contributed by atoms with Crippen molar-refractivity contribution < 1.29 is 58.1 Å². The molecule has 0 radical (unpaired) electrons. The van der Waals surface area contributed by atoms with Gasteiger partial charge in [-0.15, -0.1) is 0 Å². The number of aliphatic carboxylic acids is 1. The van der Waals surface area contributed by atoms with Crippen molar-refractivity contribution in [3.05, 3.63) is 48.0 Å². The van der Waals surface area contributed by atoms with Crippen LogP contribution < -0.4 is 0 Å². The Morgan fingerprint density at radius 3 is 2.18 bits per heavy atom. The van der Waals surface area contributed by atoms with Crippen LogP contribution in [0.15, 0.2) is 42.5 Å². The fourth-order valence-electron chi connectivity index (χ4n) is 11.4. The molecule has 0 saturated carbocycles. The maximum absolute atomic E-state index is 14.7. The predicted molar refractivity (Wildman–Crippen MR) is 228 cm³/mol. The van der Waals surface area contributed by atoms with Gasteiger partial charge in [-0.2, -0.15) is 0 Å². The molecule has 12 nitrogen and oxygen atoms in total. The third-order valence-corrected chi connectivity index (χ3v) is 15.7. The van der Waals surface area contributed by atoms with E-state index in [1.807, 2.05) is 59.8 Å². The van der Waals surface area contributed by atoms with Crippen molar-refractivity contribution in [3.8, 4) is 0 Å². The first-order valence-corrected chi connectivity index (χ1v) is 23.3. The minimum atomic E-state index is -1.45. The van der Waals surface area contributed by atoms with Crippen molar-refractivity contribution in [2.75, 3.05) is 0 Å². The number of esters is 1. The molecule has 0 unspecified atom stereocenters. The molecule has 1 aromatic rings. The molecule has 342 valence electrons. The Morgan fingerprint density at radius 1 is 0.869 bits per heavy atom. The van der Waals surface area contributed by atoms with Crippen LogP contribution in [0.5, 0.6) is 0 Å². The highest BCUT2D eigenvalue weighted by Crippen LogP contribution is 2.55. The molecule has 4 saturated heterocycles. The van der Waals surface area contributed by atoms with Crippen molar-refractivity contribution in [2.24, 2.45) is 41.4 Å². The number of carbonyl (C=O) groups is 3. The monoisotopic (exact) mass is 855 g/mol. The number of ether oxygens (including phenoxy) is 6. The van der Waals surface area contributed by atoms with Crippen LogP contribution in [0.3, 0.4) is 0 Å². The van der Waals surface area contributed by atoms with Gasteiger partial charge in [-0.25, -0.2) is 4.79 Å². The van der Waals surface area contributed by atoms with Gasteiger partial charge >= 0.3 is 11.9 Å². The Bertz CT molecular complexity index is 1720. The first-order chi connectivity index (χ1) is 28.8. The Hall–Kier alpha value is -2.71. The summed E-state index contributed by atoms with van der Waals surface area (Å²) in [7, 11) is 0. The molecule has 0 amide bonds. The highest BCUT2D eigenvalue weighted by atomic mass is 16.8. The van der Waals surface area contributed by atoms with Crippen LogP contribution in [0.25, 0.3) is 0 Å². The molecule has 5 aliphatic rings. The van der Waals surface area contributed by atoms with Gasteiger partial charge in [0.05, 0.1) is 59.3 Å². The van der Waals surface area contributed by atoms with E-state index in [-0.39, 0.29) is 29.6 Å². The van der Waals surface area contributed by atoms with Crippen LogP contribution in [0, 0.1) is 41.4 Å². The molecule has 0 aliphatic carbocycles. The van der Waals surface area contributed by atoms with E-state index in [0.29, 0.717) is 63.4 Å². The number of benzene rings is 1. The number of carboxylic acids is 1. The lowest BCUT2D eigenvalue weighted by atomic mass is 9.72. The molecule has 5 aliphatic heterocycles. The van der Waals surface area contributed by atoms with Gasteiger partial charge in [0.1, 0.15) is 5.78 Å². The quantitative estimate of drug-likeness (QED) is 0.122. The molecule has 0 bridgehead atoms. The van der Waals surface area contributed by atoms with Crippen molar-refractivity contribution in [3.63, 3.8) is 0 Å². The minimum absolute atomic E-state index is 0.0356. The lowest BCUT2D eigenvalue weighted by Gasteiger charge is -2.54. The van der Waals surface area contributed by atoms with E-state index >= 15 is 0 Å². The highest BCUT2D eigenvalue weighted by molar-refractivity contribution is 5.89. The fraction of sp³-hybridized carbons (Fsp3) is 0.776. The molecule has 4 fully saturated rings. The van der Waals surface area contributed by atoms with E-state index in [2.05, 4.69) is 20.8 Å². The second-order valence-electron chi connectivity index (χ2n) is 19.7. The molecule has 1 aromatic carbocycles. The van der Waals surface area contributed by atoms with Crippen LogP contribution in [0.4, 0.5) is 0 Å². The smallest absolute Gasteiger partial charge is 0.338 e. The lowest BCUT2D eigenvalue weighted by molar-refractivity contribution is -0.408. The summed E-state index contributed by atoms with van der Waals surface area (Å²) in [5.74, 6) is -6.77. The number of aliphatic hydroxyl groups is 2. The number of carboxylic acid groups (broad SMARTS) is 1. The summed E-state index contributed by atoms with van der Waals surface area (Å²) in [6.45, 7) is 19.6. The maximum Gasteiger partial charge on any atom is 0.338 e. The van der Waals surface area contributed by atoms with Crippen LogP contribution in [0.2, 0.25) is 0 Å². The fourth-order valence-corrected chi connectivity index (χ4v) is 11.4. The summed E-state index contributed by atoms with van der Waals surface area (Å²) >= 11 is 0. The van der Waals surface area contributed by atoms with Gasteiger partial charge < -0.3 is 43.7 Å². The number of ketones is 1. The van der Waals surface area contributed by atoms with Crippen molar-refractivity contribution in [1.82, 2.24) is 0 Å². The van der Waals surface area contributed by atoms with Crippen LogP contribution in [-0.2, 0) is 38.0 Å². The first-order valence-electron chi connectivity index (χ1n) is 23.3. The molecule has 3 N–H and O–H groups in total. The molecule has 18 atom stereocenters. The number of rotatable bonds is 14. The number of carbonyl (C=O) groups excluding carboxylic acids is 2. The molecule has 5 heterocycles. The standard InChI is InChI=1S/C49H74O12/c1-11-35(44(52)53)37-20-19-28(4)42(57-37)32(8)40(50)31(7)41(51)36(12-2)43-29(5)27-30(6)48(59-43)24-22-39(58-45(54)34-17-15-14-16-18-34)49(61-48)26-25-46(10,60-49)38-21-23-47(55,13-3)33(9)56-38/h14-18,22,24,28-33,35-40,42-43,50,55H,11-13,19-21,23,25-27H2,1-10H3,(H,52,53)/t28-,29-,30+,31-,32-,33-,35+,36-,37+,38+,39+,40+,42+,43-,46-,47+,48+,49-/m0/s1. The molecule has 0 aromatic heterocycles. The number of aliphatic hydroxyl groups excluding tert-OH is 1. The largest absolute Gasteiger partial charge is 0.481 e. The van der Waals surface area contributed by atoms with E-state index in [9.17, 15) is 29.7 Å². The van der Waals surface area contributed by atoms with Gasteiger partial charge in [0.25, 0.3) is 0 Å². The average Bonchev–Trinajstić information content (AvgIpc) is 3.58. The molecular weight excluding hydrogens is 781 g/mol. The van der Waals surface area contributed by atoms with Crippen LogP contribution in [0.1, 0.15) is 144 Å². The summed E-state index contributed by atoms with van der Waals surface area (Å²) in [5.41, 5.74) is -1.37. The summed E-state index contributed by atoms with van der Waals surface area (Å²) in [4.78, 5) is 40.3. The summed E-state index contributed by atoms with van der Waals surface area (Å²) in [6.07, 6.45) is 5.18. The van der Waals surface area contributed by atoms with Crippen LogP contribution in [-0.4, -0.2) is 98.5 Å². The Labute approximate surface area is 363 Å². The molecule has 12 heteroatoms. The Balaban J connectivity index is 1.25. The van der Waals surface area contributed by atoms with Gasteiger partial charge in [0, 0.05) is 30.1 Å². The molecule has 2 spiro atoms. The minimum Gasteiger partial charge on any atom is -0.481 e. The van der Waals surface area contributed by atoms with Gasteiger partial charge in [-0.05, 0) is 108 Å². The molecule has 61 heavy (non-hydrogen) atoms. The van der Waals surface area contributed by atoms with E-state index in [0.717, 1.165) is 6.42 Å². The number of hydrogen-bond acceptors (Lipinski definition) is 11. The van der Waals surface area contributed by atoms with Gasteiger partial charge in [-0.1, -0.05) is 73.6 Å². The molecule has 6 rings (SSSR count). The third-order valence-electron chi connectivity index (χ3n) is 15.7. The van der Waals surface area contributed by atoms with Gasteiger partial charge in [0.2, 0.25) is 5.79 Å². The van der Waals surface area contributed by atoms with Crippen molar-refractivity contribution in [1.29, 1.82) is 0 Å². The second-order valence-corrected chi connectivity index (χ2v) is 19.7. The zero-order valence-corrected chi connectivity index (χ0v) is 38.2. The summed E-state index contributed by atoms with van der Waals surface area (Å²) in [5, 5.41) is 32.9. The van der Waals surface area contributed by atoms with Crippen molar-refractivity contribution >= 4 is 17.7 Å². The first kappa shape index (κ1) is 47.8. The Kier molecular flexibility index (Phi) is 14.7. The highest BCUT2D eigenvalue weighted by Gasteiger charge is 2.64. The average molecular weight is 855 g/mol. The van der Waals surface area contributed by atoms with E-state index in [1.54, 1.807) is 31.2 Å². The van der Waals surface area contributed by atoms with Crippen molar-refractivity contribution in [2.45, 2.75) is 199 Å². The van der Waals surface area contributed by atoms with Crippen LogP contribution >= 0.6 is 0 Å². The summed E-state index contributed by atoms with van der Waals surface area (Å²) < 4.78 is 40.7. The lowest BCUT2D eigenvalue weighted by Crippen LogP contribution is -2.63. The summed E-state index contributed by atoms with van der Waals surface area (Å²) in [6, 6.07) is 8.81. The SMILES string of the molecule is CC[C@@H](C(=O)[C@@H](C)[C@@H](O)[C@H](C)[C@@H]1O[C@@H]([C@@H](CC)C(=O)O)CC[C@@H]1C)[C@H]1O[C@@]2(C=C[C@@H](OC(=O)c3ccccc3)[C@]3(CC[C@@](C)([C@H]4CC[C@](O)(CC)[C@H](C)O4)O3)O2)[C@H](C)C[C@@H]1C.